The smallest absolute Gasteiger partial charge is 0.248 e. The van der Waals surface area contributed by atoms with Gasteiger partial charge in [-0.05, 0) is 24.6 Å². The van der Waals surface area contributed by atoms with E-state index >= 15 is 0 Å². The van der Waals surface area contributed by atoms with Gasteiger partial charge in [-0.3, -0.25) is 9.59 Å². The first-order valence-electron chi connectivity index (χ1n) is 4.18. The van der Waals surface area contributed by atoms with Gasteiger partial charge in [0.1, 0.15) is 0 Å². The first-order valence-corrected chi connectivity index (χ1v) is 4.18. The lowest BCUT2D eigenvalue weighted by Crippen LogP contribution is -2.19. The highest BCUT2D eigenvalue weighted by atomic mass is 16.1. The summed E-state index contributed by atoms with van der Waals surface area (Å²) in [6.45, 7) is 1.42. The van der Waals surface area contributed by atoms with Gasteiger partial charge in [0.15, 0.2) is 5.78 Å². The van der Waals surface area contributed by atoms with Crippen molar-refractivity contribution < 1.29 is 9.59 Å². The molecule has 74 valence electrons. The zero-order valence-corrected chi connectivity index (χ0v) is 7.86. The van der Waals surface area contributed by atoms with Crippen LogP contribution in [0.2, 0.25) is 0 Å². The minimum absolute atomic E-state index is 0.114. The number of rotatable bonds is 3. The lowest BCUT2D eigenvalue weighted by atomic mass is 10.0. The number of nitrogens with two attached hydrogens (primary N) is 2. The van der Waals surface area contributed by atoms with Gasteiger partial charge in [-0.2, -0.15) is 0 Å². The summed E-state index contributed by atoms with van der Waals surface area (Å²) in [6, 6.07) is 5.75. The van der Waals surface area contributed by atoms with Crippen molar-refractivity contribution in [2.75, 3.05) is 0 Å². The Labute approximate surface area is 81.9 Å². The van der Waals surface area contributed by atoms with Crippen LogP contribution in [-0.2, 0) is 4.79 Å². The molecule has 4 N–H and O–H groups in total. The highest BCUT2D eigenvalue weighted by Crippen LogP contribution is 2.12. The van der Waals surface area contributed by atoms with Crippen LogP contribution in [0.1, 0.15) is 28.9 Å². The largest absolute Gasteiger partial charge is 0.366 e. The third kappa shape index (κ3) is 2.17. The van der Waals surface area contributed by atoms with Crippen molar-refractivity contribution >= 4 is 11.7 Å². The zero-order chi connectivity index (χ0) is 10.7. The van der Waals surface area contributed by atoms with Crippen LogP contribution in [0.5, 0.6) is 0 Å². The number of ketones is 1. The molecule has 0 saturated heterocycles. The number of benzene rings is 1. The summed E-state index contributed by atoms with van der Waals surface area (Å²) >= 11 is 0. The van der Waals surface area contributed by atoms with Crippen LogP contribution in [0.4, 0.5) is 0 Å². The Kier molecular flexibility index (Phi) is 2.99. The van der Waals surface area contributed by atoms with Gasteiger partial charge >= 0.3 is 0 Å². The minimum atomic E-state index is -0.628. The summed E-state index contributed by atoms with van der Waals surface area (Å²) in [5, 5.41) is 0. The Bertz CT molecular complexity index is 357. The van der Waals surface area contributed by atoms with E-state index in [2.05, 4.69) is 0 Å². The molecule has 0 spiro atoms. The molecule has 1 rings (SSSR count). The van der Waals surface area contributed by atoms with Crippen LogP contribution >= 0.6 is 0 Å². The summed E-state index contributed by atoms with van der Waals surface area (Å²) in [5.41, 5.74) is 11.8. The van der Waals surface area contributed by atoms with E-state index in [1.165, 1.54) is 6.92 Å². The molecule has 0 radical (unpaired) electrons. The average Bonchev–Trinajstić information content (AvgIpc) is 2.16. The third-order valence-electron chi connectivity index (χ3n) is 1.99. The molecule has 4 heteroatoms. The van der Waals surface area contributed by atoms with Gasteiger partial charge in [-0.25, -0.2) is 0 Å². The number of Topliss-reactive ketones (excluding diaryl/α,β-unsaturated/α-hetero) is 1. The van der Waals surface area contributed by atoms with Crippen molar-refractivity contribution in [3.8, 4) is 0 Å². The Morgan fingerprint density at radius 3 is 2.07 bits per heavy atom. The predicted octanol–water partition coefficient (Wildman–Crippen LogP) is 0.374. The molecule has 1 unspecified atom stereocenters. The van der Waals surface area contributed by atoms with E-state index in [-0.39, 0.29) is 5.78 Å². The second-order valence-electron chi connectivity index (χ2n) is 3.07. The monoisotopic (exact) mass is 192 g/mol. The zero-order valence-electron chi connectivity index (χ0n) is 7.86. The van der Waals surface area contributed by atoms with Crippen LogP contribution in [0.3, 0.4) is 0 Å². The molecule has 0 saturated carbocycles. The fourth-order valence-corrected chi connectivity index (χ4v) is 1.09. The molecule has 0 bridgehead atoms. The van der Waals surface area contributed by atoms with E-state index < -0.39 is 11.9 Å². The molecule has 4 nitrogen and oxygen atoms in total. The highest BCUT2D eigenvalue weighted by molar-refractivity contribution is 5.93. The van der Waals surface area contributed by atoms with Gasteiger partial charge < -0.3 is 11.5 Å². The van der Waals surface area contributed by atoms with Gasteiger partial charge in [0.25, 0.3) is 0 Å². The molecule has 0 aliphatic rings. The van der Waals surface area contributed by atoms with Gasteiger partial charge in [0.05, 0.1) is 6.04 Å². The lowest BCUT2D eigenvalue weighted by Gasteiger charge is -2.07. The lowest BCUT2D eigenvalue weighted by molar-refractivity contribution is -0.118. The fraction of sp³-hybridized carbons (Fsp3) is 0.200. The van der Waals surface area contributed by atoms with Crippen LogP contribution in [0.15, 0.2) is 24.3 Å². The highest BCUT2D eigenvalue weighted by Gasteiger charge is 2.10. The standard InChI is InChI=1S/C10H12N2O2/c1-6(13)9(11)7-2-4-8(5-3-7)10(12)14/h2-5,9H,11H2,1H3,(H2,12,14). The van der Waals surface area contributed by atoms with Crippen LogP contribution < -0.4 is 11.5 Å². The second kappa shape index (κ2) is 4.02. The molecule has 1 aromatic carbocycles. The van der Waals surface area contributed by atoms with Crippen molar-refractivity contribution in [2.24, 2.45) is 11.5 Å². The van der Waals surface area contributed by atoms with Crippen molar-refractivity contribution in [3.05, 3.63) is 35.4 Å². The van der Waals surface area contributed by atoms with E-state index in [1.807, 2.05) is 0 Å². The third-order valence-corrected chi connectivity index (χ3v) is 1.99. The maximum absolute atomic E-state index is 10.9. The van der Waals surface area contributed by atoms with Crippen LogP contribution in [0.25, 0.3) is 0 Å². The maximum atomic E-state index is 10.9. The Morgan fingerprint density at radius 1 is 1.21 bits per heavy atom. The molecule has 14 heavy (non-hydrogen) atoms. The number of hydrogen-bond donors (Lipinski definition) is 2. The molecule has 1 aromatic rings. The molecule has 1 amide bonds. The minimum Gasteiger partial charge on any atom is -0.366 e. The topological polar surface area (TPSA) is 86.2 Å². The predicted molar refractivity (Wildman–Crippen MR) is 52.6 cm³/mol. The van der Waals surface area contributed by atoms with Crippen molar-refractivity contribution in [1.82, 2.24) is 0 Å². The van der Waals surface area contributed by atoms with Crippen molar-refractivity contribution in [1.29, 1.82) is 0 Å². The SMILES string of the molecule is CC(=O)C(N)c1ccc(C(N)=O)cc1. The molecule has 0 aromatic heterocycles. The molecule has 0 aliphatic heterocycles. The van der Waals surface area contributed by atoms with Gasteiger partial charge in [0, 0.05) is 5.56 Å². The van der Waals surface area contributed by atoms with Gasteiger partial charge in [-0.15, -0.1) is 0 Å². The first kappa shape index (κ1) is 10.4. The number of primary amides is 1. The van der Waals surface area contributed by atoms with Gasteiger partial charge in [-0.1, -0.05) is 12.1 Å². The molecule has 0 fully saturated rings. The van der Waals surface area contributed by atoms with Crippen LogP contribution in [-0.4, -0.2) is 11.7 Å². The van der Waals surface area contributed by atoms with Crippen LogP contribution in [0, 0.1) is 0 Å². The van der Waals surface area contributed by atoms with Gasteiger partial charge in [0.2, 0.25) is 5.91 Å². The molecular weight excluding hydrogens is 180 g/mol. The summed E-state index contributed by atoms with van der Waals surface area (Å²) in [6.07, 6.45) is 0. The molecule has 0 aliphatic carbocycles. The normalized spacial score (nSPS) is 12.1. The average molecular weight is 192 g/mol. The van der Waals surface area contributed by atoms with Crippen molar-refractivity contribution in [2.45, 2.75) is 13.0 Å². The van der Waals surface area contributed by atoms with E-state index in [4.69, 9.17) is 11.5 Å². The van der Waals surface area contributed by atoms with E-state index in [0.717, 1.165) is 0 Å². The summed E-state index contributed by atoms with van der Waals surface area (Å²) < 4.78 is 0. The summed E-state index contributed by atoms with van der Waals surface area (Å²) in [5.74, 6) is -0.607. The molecule has 0 heterocycles. The first-order chi connectivity index (χ1) is 6.52. The Hall–Kier alpha value is -1.68. The summed E-state index contributed by atoms with van der Waals surface area (Å²) in [4.78, 5) is 21.7. The molecular formula is C10H12N2O2. The quantitative estimate of drug-likeness (QED) is 0.725. The summed E-state index contributed by atoms with van der Waals surface area (Å²) in [7, 11) is 0. The van der Waals surface area contributed by atoms with Crippen molar-refractivity contribution in [3.63, 3.8) is 0 Å². The fourth-order valence-electron chi connectivity index (χ4n) is 1.09. The second-order valence-corrected chi connectivity index (χ2v) is 3.07. The van der Waals surface area contributed by atoms with E-state index in [9.17, 15) is 9.59 Å². The number of carbonyl (C=O) groups excluding carboxylic acids is 2. The molecule has 1 atom stereocenters. The Morgan fingerprint density at radius 2 is 1.71 bits per heavy atom. The number of amides is 1. The maximum Gasteiger partial charge on any atom is 0.248 e. The number of carbonyl (C=O) groups is 2. The Balaban J connectivity index is 2.94. The van der Waals surface area contributed by atoms with E-state index in [0.29, 0.717) is 11.1 Å². The van der Waals surface area contributed by atoms with E-state index in [1.54, 1.807) is 24.3 Å². The number of hydrogen-bond acceptors (Lipinski definition) is 3.